The molecule has 1 rings (SSSR count). The van der Waals surface area contributed by atoms with Gasteiger partial charge in [-0.1, -0.05) is 51.1 Å². The molecule has 0 amide bonds. The molecule has 0 saturated heterocycles. The summed E-state index contributed by atoms with van der Waals surface area (Å²) < 4.78 is 0. The number of benzene rings is 1. The SMILES string of the molecule is CCNC(c1ccccc1)C(C(C)C)N(C)CCN(C)C. The quantitative estimate of drug-likeness (QED) is 0.755. The molecule has 2 atom stereocenters. The minimum atomic E-state index is 0.378. The van der Waals surface area contributed by atoms with Crippen LogP contribution in [0.5, 0.6) is 0 Å². The molecule has 21 heavy (non-hydrogen) atoms. The Hall–Kier alpha value is -0.900. The number of hydrogen-bond donors (Lipinski definition) is 1. The number of hydrogen-bond acceptors (Lipinski definition) is 3. The van der Waals surface area contributed by atoms with Crippen LogP contribution in [0.1, 0.15) is 32.4 Å². The van der Waals surface area contributed by atoms with Crippen molar-refractivity contribution in [1.82, 2.24) is 15.1 Å². The van der Waals surface area contributed by atoms with E-state index in [0.717, 1.165) is 19.6 Å². The molecule has 0 saturated carbocycles. The van der Waals surface area contributed by atoms with Gasteiger partial charge in [0.2, 0.25) is 0 Å². The van der Waals surface area contributed by atoms with Crippen molar-refractivity contribution in [2.75, 3.05) is 40.8 Å². The van der Waals surface area contributed by atoms with Gasteiger partial charge in [-0.3, -0.25) is 4.90 Å². The van der Waals surface area contributed by atoms with Gasteiger partial charge in [-0.25, -0.2) is 0 Å². The Morgan fingerprint density at radius 3 is 2.10 bits per heavy atom. The summed E-state index contributed by atoms with van der Waals surface area (Å²) in [6.07, 6.45) is 0. The van der Waals surface area contributed by atoms with Gasteiger partial charge in [0.05, 0.1) is 0 Å². The van der Waals surface area contributed by atoms with E-state index >= 15 is 0 Å². The van der Waals surface area contributed by atoms with Gasteiger partial charge in [-0.05, 0) is 39.2 Å². The monoisotopic (exact) mass is 291 g/mol. The van der Waals surface area contributed by atoms with Crippen LogP contribution in [-0.4, -0.2) is 56.6 Å². The number of nitrogens with one attached hydrogen (secondary N) is 1. The Morgan fingerprint density at radius 1 is 1.00 bits per heavy atom. The first-order chi connectivity index (χ1) is 9.97. The third-order valence-corrected chi connectivity index (χ3v) is 4.02. The van der Waals surface area contributed by atoms with E-state index < -0.39 is 0 Å². The van der Waals surface area contributed by atoms with Crippen molar-refractivity contribution in [1.29, 1.82) is 0 Å². The highest BCUT2D eigenvalue weighted by Crippen LogP contribution is 2.25. The van der Waals surface area contributed by atoms with Crippen molar-refractivity contribution in [3.63, 3.8) is 0 Å². The molecule has 0 spiro atoms. The fraction of sp³-hybridized carbons (Fsp3) is 0.667. The van der Waals surface area contributed by atoms with Crippen LogP contribution in [0.3, 0.4) is 0 Å². The first-order valence-corrected chi connectivity index (χ1v) is 8.10. The number of nitrogens with zero attached hydrogens (tertiary/aromatic N) is 2. The molecule has 3 nitrogen and oxygen atoms in total. The fourth-order valence-electron chi connectivity index (χ4n) is 2.97. The zero-order chi connectivity index (χ0) is 15.8. The van der Waals surface area contributed by atoms with Gasteiger partial charge in [0, 0.05) is 25.2 Å². The summed E-state index contributed by atoms with van der Waals surface area (Å²) in [6.45, 7) is 10.0. The Balaban J connectivity index is 2.92. The van der Waals surface area contributed by atoms with Gasteiger partial charge < -0.3 is 10.2 Å². The number of rotatable bonds is 9. The highest BCUT2D eigenvalue weighted by atomic mass is 15.2. The van der Waals surface area contributed by atoms with Crippen molar-refractivity contribution in [2.45, 2.75) is 32.9 Å². The van der Waals surface area contributed by atoms with E-state index in [0.29, 0.717) is 18.0 Å². The second-order valence-electron chi connectivity index (χ2n) is 6.46. The van der Waals surface area contributed by atoms with Crippen LogP contribution < -0.4 is 5.32 Å². The largest absolute Gasteiger partial charge is 0.309 e. The topological polar surface area (TPSA) is 18.5 Å². The van der Waals surface area contributed by atoms with Crippen molar-refractivity contribution in [2.24, 2.45) is 5.92 Å². The van der Waals surface area contributed by atoms with E-state index in [-0.39, 0.29) is 0 Å². The van der Waals surface area contributed by atoms with E-state index in [9.17, 15) is 0 Å². The Bertz CT molecular complexity index is 375. The van der Waals surface area contributed by atoms with Gasteiger partial charge in [0.15, 0.2) is 0 Å². The molecule has 1 N–H and O–H groups in total. The first-order valence-electron chi connectivity index (χ1n) is 8.10. The molecule has 0 radical (unpaired) electrons. The lowest BCUT2D eigenvalue weighted by atomic mass is 9.89. The smallest absolute Gasteiger partial charge is 0.0480 e. The summed E-state index contributed by atoms with van der Waals surface area (Å²) in [5, 5.41) is 3.69. The maximum atomic E-state index is 3.69. The molecule has 2 unspecified atom stereocenters. The van der Waals surface area contributed by atoms with E-state index in [1.807, 2.05) is 0 Å². The van der Waals surface area contributed by atoms with Gasteiger partial charge in [0.1, 0.15) is 0 Å². The molecular formula is C18H33N3. The summed E-state index contributed by atoms with van der Waals surface area (Å²) in [6, 6.07) is 11.7. The van der Waals surface area contributed by atoms with Crippen LogP contribution >= 0.6 is 0 Å². The van der Waals surface area contributed by atoms with E-state index in [1.54, 1.807) is 0 Å². The normalized spacial score (nSPS) is 14.9. The van der Waals surface area contributed by atoms with Gasteiger partial charge in [0.25, 0.3) is 0 Å². The Kier molecular flexibility index (Phi) is 7.94. The second kappa shape index (κ2) is 9.19. The summed E-state index contributed by atoms with van der Waals surface area (Å²) in [5.41, 5.74) is 1.38. The van der Waals surface area contributed by atoms with Gasteiger partial charge in [-0.15, -0.1) is 0 Å². The average molecular weight is 291 g/mol. The Labute approximate surface area is 131 Å². The lowest BCUT2D eigenvalue weighted by Crippen LogP contribution is -2.47. The molecule has 0 bridgehead atoms. The zero-order valence-corrected chi connectivity index (χ0v) is 14.6. The summed E-state index contributed by atoms with van der Waals surface area (Å²) in [5.74, 6) is 0.599. The minimum Gasteiger partial charge on any atom is -0.309 e. The van der Waals surface area contributed by atoms with E-state index in [2.05, 4.69) is 87.4 Å². The van der Waals surface area contributed by atoms with Crippen molar-refractivity contribution < 1.29 is 0 Å². The van der Waals surface area contributed by atoms with Gasteiger partial charge in [-0.2, -0.15) is 0 Å². The van der Waals surface area contributed by atoms with Crippen molar-refractivity contribution in [3.05, 3.63) is 35.9 Å². The maximum Gasteiger partial charge on any atom is 0.0480 e. The predicted molar refractivity (Wildman–Crippen MR) is 92.7 cm³/mol. The summed E-state index contributed by atoms with van der Waals surface area (Å²) >= 11 is 0. The van der Waals surface area contributed by atoms with Crippen molar-refractivity contribution in [3.8, 4) is 0 Å². The average Bonchev–Trinajstić information content (AvgIpc) is 2.45. The highest BCUT2D eigenvalue weighted by molar-refractivity contribution is 5.21. The number of likely N-dealkylation sites (N-methyl/N-ethyl adjacent to an activating group) is 3. The van der Waals surface area contributed by atoms with Crippen LogP contribution in [0.25, 0.3) is 0 Å². The van der Waals surface area contributed by atoms with Crippen LogP contribution in [0.15, 0.2) is 30.3 Å². The first kappa shape index (κ1) is 18.1. The lowest BCUT2D eigenvalue weighted by molar-refractivity contribution is 0.137. The molecule has 1 aromatic carbocycles. The molecule has 0 fully saturated rings. The molecule has 0 aromatic heterocycles. The molecule has 0 aliphatic rings. The van der Waals surface area contributed by atoms with Crippen LogP contribution in [0.2, 0.25) is 0 Å². The molecule has 120 valence electrons. The minimum absolute atomic E-state index is 0.378. The van der Waals surface area contributed by atoms with Crippen LogP contribution in [-0.2, 0) is 0 Å². The summed E-state index contributed by atoms with van der Waals surface area (Å²) in [7, 11) is 6.52. The van der Waals surface area contributed by atoms with Crippen molar-refractivity contribution >= 4 is 0 Å². The Morgan fingerprint density at radius 2 is 1.62 bits per heavy atom. The summed E-state index contributed by atoms with van der Waals surface area (Å²) in [4.78, 5) is 4.75. The second-order valence-corrected chi connectivity index (χ2v) is 6.46. The van der Waals surface area contributed by atoms with Gasteiger partial charge >= 0.3 is 0 Å². The van der Waals surface area contributed by atoms with Crippen LogP contribution in [0.4, 0.5) is 0 Å². The molecule has 0 aliphatic carbocycles. The third kappa shape index (κ3) is 5.77. The predicted octanol–water partition coefficient (Wildman–Crippen LogP) is 2.86. The molecular weight excluding hydrogens is 258 g/mol. The molecule has 3 heteroatoms. The zero-order valence-electron chi connectivity index (χ0n) is 14.6. The lowest BCUT2D eigenvalue weighted by Gasteiger charge is -2.38. The molecule has 0 aliphatic heterocycles. The van der Waals surface area contributed by atoms with Crippen LogP contribution in [0, 0.1) is 5.92 Å². The molecule has 0 heterocycles. The standard InChI is InChI=1S/C18H33N3/c1-7-19-17(16-11-9-8-10-12-16)18(15(2)3)21(6)14-13-20(4)5/h8-12,15,17-19H,7,13-14H2,1-6H3. The fourth-order valence-corrected chi connectivity index (χ4v) is 2.97. The molecule has 1 aromatic rings. The maximum absolute atomic E-state index is 3.69. The highest BCUT2D eigenvalue weighted by Gasteiger charge is 2.28. The van der Waals surface area contributed by atoms with E-state index in [4.69, 9.17) is 0 Å². The third-order valence-electron chi connectivity index (χ3n) is 4.02. The van der Waals surface area contributed by atoms with E-state index in [1.165, 1.54) is 5.56 Å².